The minimum atomic E-state index is -0.464. The lowest BCUT2D eigenvalue weighted by atomic mass is 9.95. The van der Waals surface area contributed by atoms with Crippen LogP contribution in [0.15, 0.2) is 10.9 Å². The van der Waals surface area contributed by atoms with E-state index in [9.17, 15) is 9.59 Å². The molecule has 2 aromatic rings. The Morgan fingerprint density at radius 1 is 1.24 bits per heavy atom. The van der Waals surface area contributed by atoms with Crippen LogP contribution in [0.2, 0.25) is 0 Å². The largest absolute Gasteiger partial charge is 0.347 e. The molecule has 1 atom stereocenters. The van der Waals surface area contributed by atoms with Crippen molar-refractivity contribution in [2.24, 2.45) is 5.92 Å². The first kappa shape index (κ1) is 19.0. The number of hydrogen-bond donors (Lipinski definition) is 0. The van der Waals surface area contributed by atoms with Gasteiger partial charge in [-0.1, -0.05) is 11.3 Å². The standard InChI is InChI=1S/C19H25N5O4S/c1-13-11-15(25)24-17(20-13)29-18(21-24)23-6-2-3-14(12-23)16(26)22-7-4-19(5-8-22)27-9-10-28-19/h11,14H,2-10,12H2,1H3. The average Bonchev–Trinajstić information content (AvgIpc) is 3.36. The van der Waals surface area contributed by atoms with Crippen LogP contribution in [0.25, 0.3) is 4.96 Å². The zero-order valence-corrected chi connectivity index (χ0v) is 17.3. The van der Waals surface area contributed by atoms with Crippen LogP contribution in [0.3, 0.4) is 0 Å². The number of ether oxygens (including phenoxy) is 2. The molecule has 0 aromatic carbocycles. The predicted octanol–water partition coefficient (Wildman–Crippen LogP) is 1.04. The van der Waals surface area contributed by atoms with Crippen molar-refractivity contribution in [1.29, 1.82) is 0 Å². The summed E-state index contributed by atoms with van der Waals surface area (Å²) in [5, 5.41) is 5.21. The van der Waals surface area contributed by atoms with Gasteiger partial charge < -0.3 is 19.3 Å². The molecule has 9 nitrogen and oxygen atoms in total. The Bertz CT molecular complexity index is 973. The molecule has 1 amide bonds. The van der Waals surface area contributed by atoms with E-state index < -0.39 is 5.79 Å². The zero-order chi connectivity index (χ0) is 20.0. The van der Waals surface area contributed by atoms with Gasteiger partial charge in [0.05, 0.1) is 19.1 Å². The minimum Gasteiger partial charge on any atom is -0.347 e. The maximum absolute atomic E-state index is 13.1. The molecule has 5 rings (SSSR count). The second kappa shape index (κ2) is 7.33. The monoisotopic (exact) mass is 419 g/mol. The molecule has 0 N–H and O–H groups in total. The van der Waals surface area contributed by atoms with E-state index in [-0.39, 0.29) is 17.4 Å². The quantitative estimate of drug-likeness (QED) is 0.719. The van der Waals surface area contributed by atoms with Crippen LogP contribution in [0, 0.1) is 12.8 Å². The predicted molar refractivity (Wildman–Crippen MR) is 107 cm³/mol. The molecule has 2 aromatic heterocycles. The maximum atomic E-state index is 13.1. The van der Waals surface area contributed by atoms with Crippen LogP contribution in [0.4, 0.5) is 5.13 Å². The van der Waals surface area contributed by atoms with Gasteiger partial charge in [0.1, 0.15) is 0 Å². The fourth-order valence-electron chi connectivity index (χ4n) is 4.50. The van der Waals surface area contributed by atoms with Crippen molar-refractivity contribution in [3.8, 4) is 0 Å². The van der Waals surface area contributed by atoms with Crippen LogP contribution in [-0.2, 0) is 14.3 Å². The highest BCUT2D eigenvalue weighted by atomic mass is 32.1. The fraction of sp³-hybridized carbons (Fsp3) is 0.684. The third kappa shape index (κ3) is 3.53. The average molecular weight is 420 g/mol. The van der Waals surface area contributed by atoms with Gasteiger partial charge in [-0.2, -0.15) is 4.52 Å². The molecular weight excluding hydrogens is 394 g/mol. The summed E-state index contributed by atoms with van der Waals surface area (Å²) in [4.78, 5) is 34.4. The van der Waals surface area contributed by atoms with Crippen molar-refractivity contribution >= 4 is 27.3 Å². The first-order valence-electron chi connectivity index (χ1n) is 10.2. The minimum absolute atomic E-state index is 0.0540. The summed E-state index contributed by atoms with van der Waals surface area (Å²) in [6.45, 7) is 5.91. The number of nitrogens with zero attached hydrogens (tertiary/aromatic N) is 5. The lowest BCUT2D eigenvalue weighted by molar-refractivity contribution is -0.188. The molecular formula is C19H25N5O4S. The van der Waals surface area contributed by atoms with Crippen molar-refractivity contribution in [3.63, 3.8) is 0 Å². The zero-order valence-electron chi connectivity index (χ0n) is 16.5. The van der Waals surface area contributed by atoms with Crippen LogP contribution < -0.4 is 10.5 Å². The van der Waals surface area contributed by atoms with Crippen molar-refractivity contribution < 1.29 is 14.3 Å². The van der Waals surface area contributed by atoms with Crippen LogP contribution >= 0.6 is 11.3 Å². The third-order valence-corrected chi connectivity index (χ3v) is 7.02. The van der Waals surface area contributed by atoms with E-state index in [1.54, 1.807) is 6.92 Å². The molecule has 10 heteroatoms. The summed E-state index contributed by atoms with van der Waals surface area (Å²) in [6, 6.07) is 1.49. The SMILES string of the molecule is Cc1cc(=O)n2nc(N3CCCC(C(=O)N4CCC5(CC4)OCCO5)C3)sc2n1. The fourth-order valence-corrected chi connectivity index (χ4v) is 5.49. The van der Waals surface area contributed by atoms with E-state index in [0.29, 0.717) is 43.5 Å². The third-order valence-electron chi connectivity index (χ3n) is 6.05. The lowest BCUT2D eigenvalue weighted by Gasteiger charge is -2.40. The highest BCUT2D eigenvalue weighted by Gasteiger charge is 2.42. The normalized spacial score (nSPS) is 24.5. The first-order valence-corrected chi connectivity index (χ1v) is 11.0. The van der Waals surface area contributed by atoms with E-state index in [1.165, 1.54) is 21.9 Å². The number of likely N-dealkylation sites (tertiary alicyclic amines) is 1. The lowest BCUT2D eigenvalue weighted by Crippen LogP contribution is -2.51. The van der Waals surface area contributed by atoms with E-state index in [2.05, 4.69) is 15.0 Å². The number of amides is 1. The van der Waals surface area contributed by atoms with Gasteiger partial charge in [-0.05, 0) is 19.8 Å². The molecule has 3 aliphatic heterocycles. The maximum Gasteiger partial charge on any atom is 0.275 e. The highest BCUT2D eigenvalue weighted by Crippen LogP contribution is 2.33. The number of rotatable bonds is 2. The summed E-state index contributed by atoms with van der Waals surface area (Å²) < 4.78 is 12.9. The van der Waals surface area contributed by atoms with E-state index in [1.807, 2.05) is 4.90 Å². The summed E-state index contributed by atoms with van der Waals surface area (Å²) in [6.07, 6.45) is 3.28. The van der Waals surface area contributed by atoms with Gasteiger partial charge in [0.15, 0.2) is 5.79 Å². The van der Waals surface area contributed by atoms with E-state index >= 15 is 0 Å². The number of aromatic nitrogens is 3. The number of carbonyl (C=O) groups is 1. The molecule has 3 aliphatic rings. The summed E-state index contributed by atoms with van der Waals surface area (Å²) >= 11 is 1.40. The van der Waals surface area contributed by atoms with Crippen molar-refractivity contribution in [3.05, 3.63) is 22.1 Å². The number of aryl methyl sites for hydroxylation is 1. The van der Waals surface area contributed by atoms with E-state index in [0.717, 1.165) is 37.4 Å². The van der Waals surface area contributed by atoms with Gasteiger partial charge in [-0.15, -0.1) is 5.10 Å². The molecule has 1 unspecified atom stereocenters. The van der Waals surface area contributed by atoms with Crippen LogP contribution in [0.1, 0.15) is 31.4 Å². The van der Waals surface area contributed by atoms with Crippen molar-refractivity contribution in [2.75, 3.05) is 44.3 Å². The molecule has 0 saturated carbocycles. The van der Waals surface area contributed by atoms with Gasteiger partial charge in [0.25, 0.3) is 5.56 Å². The Labute approximate surface area is 172 Å². The Kier molecular flexibility index (Phi) is 4.79. The summed E-state index contributed by atoms with van der Waals surface area (Å²) in [7, 11) is 0. The number of piperidine rings is 2. The Balaban J connectivity index is 1.28. The second-order valence-corrected chi connectivity index (χ2v) is 8.97. The van der Waals surface area contributed by atoms with Crippen LogP contribution in [0.5, 0.6) is 0 Å². The molecule has 1 spiro atoms. The number of carbonyl (C=O) groups excluding carboxylic acids is 1. The first-order chi connectivity index (χ1) is 14.0. The topological polar surface area (TPSA) is 89.3 Å². The van der Waals surface area contributed by atoms with E-state index in [4.69, 9.17) is 9.47 Å². The molecule has 156 valence electrons. The highest BCUT2D eigenvalue weighted by molar-refractivity contribution is 7.20. The number of fused-ring (bicyclic) bond motifs is 1. The van der Waals surface area contributed by atoms with Gasteiger partial charge in [-0.25, -0.2) is 4.98 Å². The molecule has 3 fully saturated rings. The van der Waals surface area contributed by atoms with Gasteiger partial charge >= 0.3 is 0 Å². The summed E-state index contributed by atoms with van der Waals surface area (Å²) in [5.74, 6) is -0.314. The smallest absolute Gasteiger partial charge is 0.275 e. The molecule has 0 bridgehead atoms. The Hall–Kier alpha value is -2.04. The Morgan fingerprint density at radius 3 is 2.76 bits per heavy atom. The molecule has 5 heterocycles. The van der Waals surface area contributed by atoms with Crippen LogP contribution in [-0.4, -0.2) is 70.6 Å². The molecule has 0 radical (unpaired) electrons. The summed E-state index contributed by atoms with van der Waals surface area (Å²) in [5.41, 5.74) is 0.522. The number of anilines is 1. The Morgan fingerprint density at radius 2 is 2.00 bits per heavy atom. The van der Waals surface area contributed by atoms with Crippen molar-refractivity contribution in [1.82, 2.24) is 19.5 Å². The van der Waals surface area contributed by atoms with Crippen molar-refractivity contribution in [2.45, 2.75) is 38.4 Å². The molecule has 3 saturated heterocycles. The molecule has 0 aliphatic carbocycles. The van der Waals surface area contributed by atoms with Gasteiger partial charge in [-0.3, -0.25) is 9.59 Å². The van der Waals surface area contributed by atoms with Gasteiger partial charge in [0.2, 0.25) is 16.0 Å². The second-order valence-electron chi connectivity index (χ2n) is 8.03. The van der Waals surface area contributed by atoms with Gasteiger partial charge in [0, 0.05) is 50.8 Å². The molecule has 29 heavy (non-hydrogen) atoms. The number of hydrogen-bond acceptors (Lipinski definition) is 8.